The van der Waals surface area contributed by atoms with Crippen molar-refractivity contribution in [3.05, 3.63) is 39.9 Å². The average Bonchev–Trinajstić information content (AvgIpc) is 2.57. The fourth-order valence-electron chi connectivity index (χ4n) is 5.93. The molecule has 4 fully saturated rings. The molecule has 0 spiro atoms. The first kappa shape index (κ1) is 17.9. The highest BCUT2D eigenvalue weighted by molar-refractivity contribution is 5.95. The van der Waals surface area contributed by atoms with E-state index in [4.69, 9.17) is 0 Å². The first-order chi connectivity index (χ1) is 12.8. The number of nitro benzene ring substituents is 1. The molecule has 0 saturated heterocycles. The number of nitro groups is 1. The van der Waals surface area contributed by atoms with E-state index in [0.717, 1.165) is 32.1 Å². The number of non-ortho nitro benzene ring substituents is 1. The highest BCUT2D eigenvalue weighted by atomic mass is 16.6. The molecular formula is C19H23N3O5. The second-order valence-electron chi connectivity index (χ2n) is 8.67. The predicted octanol–water partition coefficient (Wildman–Crippen LogP) is 2.08. The summed E-state index contributed by atoms with van der Waals surface area (Å²) >= 11 is 0. The summed E-state index contributed by atoms with van der Waals surface area (Å²) in [5.74, 6) is 0.204. The number of amides is 2. The lowest BCUT2D eigenvalue weighted by atomic mass is 9.47. The maximum atomic E-state index is 12.4. The average molecular weight is 373 g/mol. The van der Waals surface area contributed by atoms with Gasteiger partial charge in [0.2, 0.25) is 5.91 Å². The van der Waals surface area contributed by atoms with Gasteiger partial charge in [-0.15, -0.1) is 0 Å². The standard InChI is InChI=1S/C19H23N3O5/c23-16(20-21-17(24)14-1-3-15(4-2-14)22(26)27)10-18-6-12-5-13(7-18)9-19(25,8-12)11-18/h1-4,12-13,25H,5-11H2,(H,20,23)(H,21,24)/t12-,13+,18?,19?. The second-order valence-corrected chi connectivity index (χ2v) is 8.67. The van der Waals surface area contributed by atoms with Crippen LogP contribution in [0.15, 0.2) is 24.3 Å². The van der Waals surface area contributed by atoms with Gasteiger partial charge in [0.05, 0.1) is 10.5 Å². The summed E-state index contributed by atoms with van der Waals surface area (Å²) in [6.07, 6.45) is 5.75. The van der Waals surface area contributed by atoms with Crippen molar-refractivity contribution < 1.29 is 19.6 Å². The Morgan fingerprint density at radius 2 is 1.74 bits per heavy atom. The fourth-order valence-corrected chi connectivity index (χ4v) is 5.93. The molecule has 0 aliphatic heterocycles. The highest BCUT2D eigenvalue weighted by Gasteiger charge is 2.57. The van der Waals surface area contributed by atoms with Gasteiger partial charge in [-0.1, -0.05) is 0 Å². The Morgan fingerprint density at radius 3 is 2.30 bits per heavy atom. The van der Waals surface area contributed by atoms with Crippen molar-refractivity contribution in [3.8, 4) is 0 Å². The van der Waals surface area contributed by atoms with Gasteiger partial charge in [0.15, 0.2) is 0 Å². The van der Waals surface area contributed by atoms with Crippen LogP contribution in [0.25, 0.3) is 0 Å². The molecule has 8 heteroatoms. The van der Waals surface area contributed by atoms with E-state index in [9.17, 15) is 24.8 Å². The topological polar surface area (TPSA) is 122 Å². The van der Waals surface area contributed by atoms with Crippen LogP contribution in [0, 0.1) is 27.4 Å². The molecule has 1 aromatic carbocycles. The van der Waals surface area contributed by atoms with Crippen LogP contribution in [0.3, 0.4) is 0 Å². The third kappa shape index (κ3) is 3.53. The molecule has 2 unspecified atom stereocenters. The molecule has 1 aromatic rings. The Kier molecular flexibility index (Phi) is 4.18. The molecule has 0 radical (unpaired) electrons. The van der Waals surface area contributed by atoms with Crippen LogP contribution in [-0.2, 0) is 4.79 Å². The van der Waals surface area contributed by atoms with Crippen molar-refractivity contribution >= 4 is 17.5 Å². The van der Waals surface area contributed by atoms with Crippen LogP contribution in [0.2, 0.25) is 0 Å². The fraction of sp³-hybridized carbons (Fsp3) is 0.579. The van der Waals surface area contributed by atoms with Crippen LogP contribution in [-0.4, -0.2) is 27.4 Å². The van der Waals surface area contributed by atoms with Crippen LogP contribution in [0.4, 0.5) is 5.69 Å². The predicted molar refractivity (Wildman–Crippen MR) is 95.4 cm³/mol. The van der Waals surface area contributed by atoms with E-state index in [2.05, 4.69) is 10.9 Å². The van der Waals surface area contributed by atoms with Gasteiger partial charge < -0.3 is 5.11 Å². The van der Waals surface area contributed by atoms with E-state index in [1.807, 2.05) is 0 Å². The Bertz CT molecular complexity index is 777. The normalized spacial score (nSPS) is 33.5. The van der Waals surface area contributed by atoms with E-state index in [-0.39, 0.29) is 22.6 Å². The molecule has 2 amide bonds. The smallest absolute Gasteiger partial charge is 0.269 e. The van der Waals surface area contributed by atoms with Crippen LogP contribution in [0.5, 0.6) is 0 Å². The number of carbonyl (C=O) groups is 2. The molecule has 5 rings (SSSR count). The molecule has 4 atom stereocenters. The third-order valence-corrected chi connectivity index (χ3v) is 6.34. The summed E-state index contributed by atoms with van der Waals surface area (Å²) < 4.78 is 0. The zero-order chi connectivity index (χ0) is 19.2. The summed E-state index contributed by atoms with van der Waals surface area (Å²) in [6, 6.07) is 5.17. The van der Waals surface area contributed by atoms with E-state index in [1.165, 1.54) is 24.3 Å². The summed E-state index contributed by atoms with van der Waals surface area (Å²) in [5.41, 5.74) is 4.16. The number of nitrogens with one attached hydrogen (secondary N) is 2. The van der Waals surface area contributed by atoms with Crippen molar-refractivity contribution in [1.29, 1.82) is 0 Å². The Balaban J connectivity index is 1.33. The van der Waals surface area contributed by atoms with Gasteiger partial charge >= 0.3 is 0 Å². The van der Waals surface area contributed by atoms with Gasteiger partial charge in [-0.3, -0.25) is 30.6 Å². The van der Waals surface area contributed by atoms with Gasteiger partial charge in [0, 0.05) is 24.1 Å². The molecule has 4 aliphatic rings. The minimum atomic E-state index is -0.619. The Labute approximate surface area is 156 Å². The number of hydrazine groups is 1. The summed E-state index contributed by atoms with van der Waals surface area (Å²) in [4.78, 5) is 34.6. The van der Waals surface area contributed by atoms with Crippen molar-refractivity contribution in [2.75, 3.05) is 0 Å². The first-order valence-corrected chi connectivity index (χ1v) is 9.32. The molecule has 8 nitrogen and oxygen atoms in total. The molecule has 4 bridgehead atoms. The summed E-state index contributed by atoms with van der Waals surface area (Å²) in [5, 5.41) is 21.4. The van der Waals surface area contributed by atoms with Crippen molar-refractivity contribution in [2.45, 2.75) is 50.5 Å². The van der Waals surface area contributed by atoms with Crippen LogP contribution in [0.1, 0.15) is 55.3 Å². The van der Waals surface area contributed by atoms with E-state index in [0.29, 0.717) is 24.7 Å². The molecule has 0 aromatic heterocycles. The van der Waals surface area contributed by atoms with Crippen molar-refractivity contribution in [2.24, 2.45) is 17.3 Å². The van der Waals surface area contributed by atoms with E-state index in [1.54, 1.807) is 0 Å². The third-order valence-electron chi connectivity index (χ3n) is 6.34. The number of rotatable bonds is 4. The molecule has 3 N–H and O–H groups in total. The number of nitrogens with zero attached hydrogens (tertiary/aromatic N) is 1. The van der Waals surface area contributed by atoms with Gasteiger partial charge in [0.1, 0.15) is 0 Å². The number of hydrogen-bond donors (Lipinski definition) is 3. The Morgan fingerprint density at radius 1 is 1.11 bits per heavy atom. The number of hydrogen-bond acceptors (Lipinski definition) is 5. The number of carbonyl (C=O) groups excluding carboxylic acids is 2. The lowest BCUT2D eigenvalue weighted by molar-refractivity contribution is -0.384. The molecular weight excluding hydrogens is 350 g/mol. The maximum absolute atomic E-state index is 12.4. The van der Waals surface area contributed by atoms with E-state index < -0.39 is 16.4 Å². The van der Waals surface area contributed by atoms with Crippen molar-refractivity contribution in [1.82, 2.24) is 10.9 Å². The minimum absolute atomic E-state index is 0.102. The number of benzene rings is 1. The highest BCUT2D eigenvalue weighted by Crippen LogP contribution is 2.62. The second kappa shape index (κ2) is 6.30. The van der Waals surface area contributed by atoms with Crippen LogP contribution < -0.4 is 10.9 Å². The largest absolute Gasteiger partial charge is 0.390 e. The van der Waals surface area contributed by atoms with Gasteiger partial charge in [-0.05, 0) is 67.9 Å². The summed E-state index contributed by atoms with van der Waals surface area (Å²) in [6.45, 7) is 0. The molecule has 4 saturated carbocycles. The quantitative estimate of drug-likeness (QED) is 0.551. The van der Waals surface area contributed by atoms with Crippen LogP contribution >= 0.6 is 0 Å². The van der Waals surface area contributed by atoms with Gasteiger partial charge in [-0.2, -0.15) is 0 Å². The molecule has 0 heterocycles. The zero-order valence-corrected chi connectivity index (χ0v) is 14.9. The molecule has 144 valence electrons. The molecule has 4 aliphatic carbocycles. The maximum Gasteiger partial charge on any atom is 0.269 e. The lowest BCUT2D eigenvalue weighted by Gasteiger charge is -2.60. The number of aliphatic hydroxyl groups is 1. The van der Waals surface area contributed by atoms with Gasteiger partial charge in [-0.25, -0.2) is 0 Å². The zero-order valence-electron chi connectivity index (χ0n) is 14.9. The van der Waals surface area contributed by atoms with Gasteiger partial charge in [0.25, 0.3) is 11.6 Å². The molecule has 27 heavy (non-hydrogen) atoms. The van der Waals surface area contributed by atoms with Crippen molar-refractivity contribution in [3.63, 3.8) is 0 Å². The van der Waals surface area contributed by atoms with E-state index >= 15 is 0 Å². The first-order valence-electron chi connectivity index (χ1n) is 9.32. The lowest BCUT2D eigenvalue weighted by Crippen LogP contribution is -2.57. The summed E-state index contributed by atoms with van der Waals surface area (Å²) in [7, 11) is 0. The Hall–Kier alpha value is -2.48. The SMILES string of the molecule is O=C(CC12C[C@@H]3C[C@@H](CC(O)(C3)C1)C2)NNC(=O)c1ccc([N+](=O)[O-])cc1. The monoisotopic (exact) mass is 373 g/mol. The minimum Gasteiger partial charge on any atom is -0.390 e.